The molecule has 7 nitrogen and oxygen atoms in total. The fourth-order valence-corrected chi connectivity index (χ4v) is 6.57. The van der Waals surface area contributed by atoms with E-state index in [9.17, 15) is 4.79 Å². The topological polar surface area (TPSA) is 73.5 Å². The lowest BCUT2D eigenvalue weighted by molar-refractivity contribution is -0.118. The van der Waals surface area contributed by atoms with E-state index in [1.54, 1.807) is 7.11 Å². The van der Waals surface area contributed by atoms with Crippen LogP contribution in [0.1, 0.15) is 48.6 Å². The van der Waals surface area contributed by atoms with E-state index >= 15 is 0 Å². The molecule has 7 rings (SSSR count). The molecule has 2 atom stereocenters. The summed E-state index contributed by atoms with van der Waals surface area (Å²) < 4.78 is 5.43. The predicted molar refractivity (Wildman–Crippen MR) is 161 cm³/mol. The minimum absolute atomic E-state index is 0.0814. The standard InChI is InChI=1S/C33H35N5O2/c1-21(2)37-14-16-38(17-15-37)24-8-4-22(5-9-24)6-12-29-26-11-7-23(18-31(26)36-35-29)28-20-33(28)27-19-25(40-3)10-13-30(27)34-32(33)39/h4-13,18-19,21,28H,14-17,20H2,1-3H3,(H,34,39)(H,35,36)/b12-6+/t28-,33?/m0/s1. The van der Waals surface area contributed by atoms with Gasteiger partial charge < -0.3 is 15.0 Å². The number of anilines is 2. The van der Waals surface area contributed by atoms with Crippen molar-refractivity contribution in [2.75, 3.05) is 43.5 Å². The van der Waals surface area contributed by atoms with E-state index in [0.29, 0.717) is 6.04 Å². The maximum absolute atomic E-state index is 13.0. The van der Waals surface area contributed by atoms with Crippen LogP contribution in [-0.2, 0) is 10.2 Å². The average molecular weight is 534 g/mol. The smallest absolute Gasteiger partial charge is 0.235 e. The Kier molecular flexibility index (Phi) is 5.93. The molecular weight excluding hydrogens is 498 g/mol. The second-order valence-electron chi connectivity index (χ2n) is 11.5. The number of fused-ring (bicyclic) bond motifs is 3. The molecule has 2 fully saturated rings. The molecule has 1 saturated carbocycles. The molecule has 4 aromatic rings. The lowest BCUT2D eigenvalue weighted by Gasteiger charge is -2.38. The summed E-state index contributed by atoms with van der Waals surface area (Å²) in [5.74, 6) is 0.997. The highest BCUT2D eigenvalue weighted by molar-refractivity contribution is 6.10. The van der Waals surface area contributed by atoms with Crippen molar-refractivity contribution in [3.8, 4) is 5.75 Å². The lowest BCUT2D eigenvalue weighted by Crippen LogP contribution is -2.48. The fourth-order valence-electron chi connectivity index (χ4n) is 6.57. The van der Waals surface area contributed by atoms with Crippen molar-refractivity contribution in [1.29, 1.82) is 0 Å². The van der Waals surface area contributed by atoms with Crippen LogP contribution in [0.25, 0.3) is 23.1 Å². The fraction of sp³-hybridized carbons (Fsp3) is 0.333. The molecule has 2 aliphatic heterocycles. The van der Waals surface area contributed by atoms with Gasteiger partial charge in [-0.25, -0.2) is 0 Å². The van der Waals surface area contributed by atoms with Crippen LogP contribution in [0.5, 0.6) is 5.75 Å². The number of aromatic nitrogens is 2. The number of ether oxygens (including phenoxy) is 1. The van der Waals surface area contributed by atoms with Gasteiger partial charge in [-0.3, -0.25) is 14.8 Å². The van der Waals surface area contributed by atoms with E-state index < -0.39 is 5.41 Å². The van der Waals surface area contributed by atoms with Gasteiger partial charge in [-0.05, 0) is 79.4 Å². The van der Waals surface area contributed by atoms with Gasteiger partial charge in [0, 0.05) is 54.9 Å². The van der Waals surface area contributed by atoms with Gasteiger partial charge >= 0.3 is 0 Å². The van der Waals surface area contributed by atoms with Gasteiger partial charge in [-0.1, -0.05) is 30.3 Å². The van der Waals surface area contributed by atoms with Crippen molar-refractivity contribution in [1.82, 2.24) is 15.1 Å². The van der Waals surface area contributed by atoms with E-state index in [0.717, 1.165) is 77.3 Å². The third-order valence-electron chi connectivity index (χ3n) is 9.08. The van der Waals surface area contributed by atoms with E-state index in [1.165, 1.54) is 5.69 Å². The molecule has 1 unspecified atom stereocenters. The summed E-state index contributed by atoms with van der Waals surface area (Å²) in [6, 6.07) is 21.7. The van der Waals surface area contributed by atoms with Gasteiger partial charge in [-0.15, -0.1) is 0 Å². The van der Waals surface area contributed by atoms with Crippen molar-refractivity contribution in [3.05, 3.63) is 83.0 Å². The van der Waals surface area contributed by atoms with Crippen LogP contribution in [0.2, 0.25) is 0 Å². The SMILES string of the molecule is COc1ccc2c(c1)C1(C[C@H]1c1ccc3c(/C=C/c4ccc(N5CCN(C(C)C)CC5)cc4)n[nH]c3c1)C(=O)N2. The number of carbonyl (C=O) groups is 1. The predicted octanol–water partition coefficient (Wildman–Crippen LogP) is 5.65. The molecule has 0 radical (unpaired) electrons. The molecule has 1 spiro atoms. The first-order chi connectivity index (χ1) is 19.5. The molecule has 3 heterocycles. The molecule has 3 aliphatic rings. The van der Waals surface area contributed by atoms with Gasteiger partial charge in [0.1, 0.15) is 5.75 Å². The number of nitrogens with zero attached hydrogens (tertiary/aromatic N) is 3. The first kappa shape index (κ1) is 24.9. The molecule has 204 valence electrons. The maximum atomic E-state index is 13.0. The summed E-state index contributed by atoms with van der Waals surface area (Å²) in [6.07, 6.45) is 4.99. The number of amides is 1. The van der Waals surface area contributed by atoms with Crippen molar-refractivity contribution in [3.63, 3.8) is 0 Å². The number of methoxy groups -OCH3 is 1. The maximum Gasteiger partial charge on any atom is 0.235 e. The Morgan fingerprint density at radius 3 is 2.55 bits per heavy atom. The zero-order chi connectivity index (χ0) is 27.4. The lowest BCUT2D eigenvalue weighted by atomic mass is 9.91. The molecular formula is C33H35N5O2. The molecule has 2 N–H and O–H groups in total. The Morgan fingerprint density at radius 2 is 1.80 bits per heavy atom. The Bertz CT molecular complexity index is 1610. The second-order valence-corrected chi connectivity index (χ2v) is 11.5. The first-order valence-electron chi connectivity index (χ1n) is 14.2. The molecule has 7 heteroatoms. The molecule has 1 saturated heterocycles. The Balaban J connectivity index is 1.06. The van der Waals surface area contributed by atoms with Gasteiger partial charge in [0.05, 0.1) is 23.7 Å². The Morgan fingerprint density at radius 1 is 1.00 bits per heavy atom. The van der Waals surface area contributed by atoms with Crippen LogP contribution in [0.4, 0.5) is 11.4 Å². The van der Waals surface area contributed by atoms with Crippen LogP contribution in [-0.4, -0.2) is 60.3 Å². The number of nitrogens with one attached hydrogen (secondary N) is 2. The number of aromatic amines is 1. The molecule has 1 aromatic heterocycles. The summed E-state index contributed by atoms with van der Waals surface area (Å²) in [5, 5.41) is 11.9. The molecule has 1 aliphatic carbocycles. The Labute approximate surface area is 234 Å². The number of carbonyl (C=O) groups excluding carboxylic acids is 1. The Hall–Kier alpha value is -4.10. The molecule has 0 bridgehead atoms. The van der Waals surface area contributed by atoms with Crippen LogP contribution in [0, 0.1) is 0 Å². The highest BCUT2D eigenvalue weighted by atomic mass is 16.5. The molecule has 40 heavy (non-hydrogen) atoms. The molecule has 1 amide bonds. The average Bonchev–Trinajstić information content (AvgIpc) is 3.53. The van der Waals surface area contributed by atoms with Gasteiger partial charge in [0.25, 0.3) is 0 Å². The summed E-state index contributed by atoms with van der Waals surface area (Å²) in [6.45, 7) is 8.92. The number of piperazine rings is 1. The van der Waals surface area contributed by atoms with E-state index in [1.807, 2.05) is 18.2 Å². The second kappa shape index (κ2) is 9.52. The first-order valence-corrected chi connectivity index (χ1v) is 14.2. The van der Waals surface area contributed by atoms with E-state index in [-0.39, 0.29) is 11.8 Å². The highest BCUT2D eigenvalue weighted by Gasteiger charge is 2.65. The van der Waals surface area contributed by atoms with Crippen molar-refractivity contribution < 1.29 is 9.53 Å². The van der Waals surface area contributed by atoms with Crippen LogP contribution >= 0.6 is 0 Å². The number of H-pyrrole nitrogens is 1. The van der Waals surface area contributed by atoms with Crippen molar-refractivity contribution in [2.24, 2.45) is 0 Å². The molecule has 3 aromatic carbocycles. The van der Waals surface area contributed by atoms with Crippen LogP contribution in [0.3, 0.4) is 0 Å². The minimum atomic E-state index is -0.505. The van der Waals surface area contributed by atoms with Gasteiger partial charge in [0.2, 0.25) is 5.91 Å². The van der Waals surface area contributed by atoms with Crippen LogP contribution < -0.4 is 15.0 Å². The van der Waals surface area contributed by atoms with Crippen molar-refractivity contribution in [2.45, 2.75) is 37.6 Å². The zero-order valence-corrected chi connectivity index (χ0v) is 23.3. The summed E-state index contributed by atoms with van der Waals surface area (Å²) in [5.41, 5.74) is 6.92. The van der Waals surface area contributed by atoms with E-state index in [2.05, 4.69) is 93.8 Å². The third-order valence-corrected chi connectivity index (χ3v) is 9.08. The van der Waals surface area contributed by atoms with Crippen LogP contribution in [0.15, 0.2) is 60.7 Å². The van der Waals surface area contributed by atoms with Crippen molar-refractivity contribution >= 4 is 40.3 Å². The van der Waals surface area contributed by atoms with Gasteiger partial charge in [-0.2, -0.15) is 5.10 Å². The van der Waals surface area contributed by atoms with Gasteiger partial charge in [0.15, 0.2) is 0 Å². The largest absolute Gasteiger partial charge is 0.497 e. The third kappa shape index (κ3) is 4.07. The highest BCUT2D eigenvalue weighted by Crippen LogP contribution is 2.65. The zero-order valence-electron chi connectivity index (χ0n) is 23.3. The minimum Gasteiger partial charge on any atom is -0.497 e. The number of rotatable bonds is 6. The summed E-state index contributed by atoms with van der Waals surface area (Å²) in [4.78, 5) is 18.1. The normalized spacial score (nSPS) is 22.4. The summed E-state index contributed by atoms with van der Waals surface area (Å²) in [7, 11) is 1.66. The number of hydrogen-bond acceptors (Lipinski definition) is 5. The monoisotopic (exact) mass is 533 g/mol. The van der Waals surface area contributed by atoms with E-state index in [4.69, 9.17) is 4.74 Å². The number of benzene rings is 3. The summed E-state index contributed by atoms with van der Waals surface area (Å²) >= 11 is 0. The quantitative estimate of drug-likeness (QED) is 0.335. The number of hydrogen-bond donors (Lipinski definition) is 2.